The summed E-state index contributed by atoms with van der Waals surface area (Å²) in [4.78, 5) is 2.38. The molecule has 3 nitrogen and oxygen atoms in total. The Balaban J connectivity index is 2.23. The quantitative estimate of drug-likeness (QED) is 0.792. The summed E-state index contributed by atoms with van der Waals surface area (Å²) in [6.07, 6.45) is 2.53. The zero-order valence-corrected chi connectivity index (χ0v) is 10.1. The summed E-state index contributed by atoms with van der Waals surface area (Å²) in [5, 5.41) is 0. The Hall–Kier alpha value is -1.22. The number of ether oxygens (including phenoxy) is 1. The van der Waals surface area contributed by atoms with Crippen LogP contribution in [-0.4, -0.2) is 26.3 Å². The highest BCUT2D eigenvalue weighted by Gasteiger charge is 2.19. The molecule has 0 spiro atoms. The molecule has 2 rings (SSSR count). The lowest BCUT2D eigenvalue weighted by atomic mass is 9.99. The number of fused-ring (bicyclic) bond motifs is 1. The molecule has 1 aromatic rings. The van der Waals surface area contributed by atoms with Crippen molar-refractivity contribution < 1.29 is 4.74 Å². The Bertz CT molecular complexity index is 365. The number of benzene rings is 1. The fourth-order valence-corrected chi connectivity index (χ4v) is 2.30. The van der Waals surface area contributed by atoms with Crippen molar-refractivity contribution in [3.8, 4) is 0 Å². The number of nitrogens with zero attached hydrogens (tertiary/aromatic N) is 1. The summed E-state index contributed by atoms with van der Waals surface area (Å²) < 4.78 is 5.33. The molecular weight excluding hydrogens is 200 g/mol. The van der Waals surface area contributed by atoms with Gasteiger partial charge in [0.25, 0.3) is 0 Å². The second-order valence-corrected chi connectivity index (χ2v) is 4.44. The normalized spacial score (nSPS) is 17.0. The molecule has 0 saturated heterocycles. The van der Waals surface area contributed by atoms with E-state index in [0.717, 1.165) is 25.2 Å². The first-order chi connectivity index (χ1) is 7.72. The molecule has 1 aliphatic heterocycles. The summed E-state index contributed by atoms with van der Waals surface area (Å²) in [6.45, 7) is 4.14. The van der Waals surface area contributed by atoms with E-state index in [2.05, 4.69) is 17.9 Å². The average Bonchev–Trinajstić information content (AvgIpc) is 2.30. The summed E-state index contributed by atoms with van der Waals surface area (Å²) in [7, 11) is 1.76. The minimum absolute atomic E-state index is 0.257. The summed E-state index contributed by atoms with van der Waals surface area (Å²) in [5.74, 6) is 0. The SMILES string of the molecule is COC(C)CN1CCCc2c(N)cccc21. The van der Waals surface area contributed by atoms with Crippen LogP contribution in [0.1, 0.15) is 18.9 Å². The molecule has 0 aliphatic carbocycles. The molecule has 1 heterocycles. The maximum absolute atomic E-state index is 6.01. The van der Waals surface area contributed by atoms with E-state index >= 15 is 0 Å². The highest BCUT2D eigenvalue weighted by molar-refractivity contribution is 5.66. The monoisotopic (exact) mass is 220 g/mol. The van der Waals surface area contributed by atoms with Crippen molar-refractivity contribution in [2.24, 2.45) is 0 Å². The lowest BCUT2D eigenvalue weighted by Gasteiger charge is -2.33. The predicted molar refractivity (Wildman–Crippen MR) is 67.9 cm³/mol. The average molecular weight is 220 g/mol. The fraction of sp³-hybridized carbons (Fsp3) is 0.538. The van der Waals surface area contributed by atoms with Crippen molar-refractivity contribution in [1.29, 1.82) is 0 Å². The standard InChI is InChI=1S/C13H20N2O/c1-10(16-2)9-15-8-4-5-11-12(14)6-3-7-13(11)15/h3,6-7,10H,4-5,8-9,14H2,1-2H3. The van der Waals surface area contributed by atoms with Crippen molar-refractivity contribution in [2.45, 2.75) is 25.9 Å². The first-order valence-electron chi connectivity index (χ1n) is 5.87. The van der Waals surface area contributed by atoms with E-state index in [4.69, 9.17) is 10.5 Å². The maximum atomic E-state index is 6.01. The van der Waals surface area contributed by atoms with Crippen LogP contribution in [0, 0.1) is 0 Å². The van der Waals surface area contributed by atoms with Gasteiger partial charge < -0.3 is 15.4 Å². The van der Waals surface area contributed by atoms with Gasteiger partial charge in [0.05, 0.1) is 6.10 Å². The van der Waals surface area contributed by atoms with E-state index in [1.165, 1.54) is 17.7 Å². The predicted octanol–water partition coefficient (Wildman–Crippen LogP) is 2.06. The van der Waals surface area contributed by atoms with Crippen LogP contribution in [-0.2, 0) is 11.2 Å². The van der Waals surface area contributed by atoms with Crippen LogP contribution in [0.25, 0.3) is 0 Å². The second-order valence-electron chi connectivity index (χ2n) is 4.44. The highest BCUT2D eigenvalue weighted by atomic mass is 16.5. The number of hydrogen-bond acceptors (Lipinski definition) is 3. The number of anilines is 2. The first kappa shape index (κ1) is 11.3. The van der Waals surface area contributed by atoms with Gasteiger partial charge in [-0.2, -0.15) is 0 Å². The van der Waals surface area contributed by atoms with Gasteiger partial charge in [-0.05, 0) is 37.5 Å². The minimum atomic E-state index is 0.257. The van der Waals surface area contributed by atoms with Gasteiger partial charge in [0.15, 0.2) is 0 Å². The summed E-state index contributed by atoms with van der Waals surface area (Å²) >= 11 is 0. The molecule has 1 unspecified atom stereocenters. The smallest absolute Gasteiger partial charge is 0.0718 e. The van der Waals surface area contributed by atoms with Gasteiger partial charge in [0.1, 0.15) is 0 Å². The third-order valence-corrected chi connectivity index (χ3v) is 3.26. The molecule has 0 radical (unpaired) electrons. The molecule has 0 bridgehead atoms. The van der Waals surface area contributed by atoms with Gasteiger partial charge in [-0.3, -0.25) is 0 Å². The topological polar surface area (TPSA) is 38.5 Å². The zero-order chi connectivity index (χ0) is 11.5. The van der Waals surface area contributed by atoms with Gasteiger partial charge in [-0.15, -0.1) is 0 Å². The molecule has 0 fully saturated rings. The maximum Gasteiger partial charge on any atom is 0.0718 e. The number of rotatable bonds is 3. The van der Waals surface area contributed by atoms with Crippen LogP contribution >= 0.6 is 0 Å². The highest BCUT2D eigenvalue weighted by Crippen LogP contribution is 2.31. The van der Waals surface area contributed by atoms with E-state index in [1.807, 2.05) is 12.1 Å². The van der Waals surface area contributed by atoms with E-state index < -0.39 is 0 Å². The van der Waals surface area contributed by atoms with E-state index in [-0.39, 0.29) is 6.10 Å². The van der Waals surface area contributed by atoms with Crippen LogP contribution in [0.5, 0.6) is 0 Å². The summed E-state index contributed by atoms with van der Waals surface area (Å²) in [6, 6.07) is 6.18. The zero-order valence-electron chi connectivity index (χ0n) is 10.1. The summed E-state index contributed by atoms with van der Waals surface area (Å²) in [5.41, 5.74) is 9.52. The number of methoxy groups -OCH3 is 1. The molecule has 1 aromatic carbocycles. The van der Waals surface area contributed by atoms with E-state index in [1.54, 1.807) is 7.11 Å². The molecule has 2 N–H and O–H groups in total. The van der Waals surface area contributed by atoms with Crippen molar-refractivity contribution in [1.82, 2.24) is 0 Å². The van der Waals surface area contributed by atoms with Gasteiger partial charge in [0, 0.05) is 31.6 Å². The van der Waals surface area contributed by atoms with E-state index in [0.29, 0.717) is 0 Å². The Kier molecular flexibility index (Phi) is 3.34. The molecule has 0 aromatic heterocycles. The van der Waals surface area contributed by atoms with Crippen molar-refractivity contribution in [2.75, 3.05) is 30.8 Å². The van der Waals surface area contributed by atoms with Crippen molar-refractivity contribution in [3.05, 3.63) is 23.8 Å². The molecule has 88 valence electrons. The minimum Gasteiger partial charge on any atom is -0.398 e. The van der Waals surface area contributed by atoms with Crippen molar-refractivity contribution >= 4 is 11.4 Å². The molecule has 1 aliphatic rings. The largest absolute Gasteiger partial charge is 0.398 e. The van der Waals surface area contributed by atoms with Crippen LogP contribution in [0.15, 0.2) is 18.2 Å². The molecule has 0 amide bonds. The van der Waals surface area contributed by atoms with Gasteiger partial charge >= 0.3 is 0 Å². The van der Waals surface area contributed by atoms with Gasteiger partial charge in [-0.25, -0.2) is 0 Å². The van der Waals surface area contributed by atoms with Crippen LogP contribution in [0.2, 0.25) is 0 Å². The van der Waals surface area contributed by atoms with Gasteiger partial charge in [0.2, 0.25) is 0 Å². The molecule has 3 heteroatoms. The number of nitrogen functional groups attached to an aromatic ring is 1. The lowest BCUT2D eigenvalue weighted by Crippen LogP contribution is -2.36. The molecule has 1 atom stereocenters. The second kappa shape index (κ2) is 4.74. The fourth-order valence-electron chi connectivity index (χ4n) is 2.30. The Morgan fingerprint density at radius 3 is 3.06 bits per heavy atom. The van der Waals surface area contributed by atoms with Crippen LogP contribution in [0.4, 0.5) is 11.4 Å². The lowest BCUT2D eigenvalue weighted by molar-refractivity contribution is 0.123. The third kappa shape index (κ3) is 2.14. The van der Waals surface area contributed by atoms with Crippen LogP contribution < -0.4 is 10.6 Å². The van der Waals surface area contributed by atoms with E-state index in [9.17, 15) is 0 Å². The number of hydrogen-bond donors (Lipinski definition) is 1. The molecular formula is C13H20N2O. The molecule has 16 heavy (non-hydrogen) atoms. The third-order valence-electron chi connectivity index (χ3n) is 3.26. The van der Waals surface area contributed by atoms with Gasteiger partial charge in [-0.1, -0.05) is 6.07 Å². The van der Waals surface area contributed by atoms with Crippen molar-refractivity contribution in [3.63, 3.8) is 0 Å². The molecule has 0 saturated carbocycles. The van der Waals surface area contributed by atoms with Crippen LogP contribution in [0.3, 0.4) is 0 Å². The first-order valence-corrected chi connectivity index (χ1v) is 5.87. The number of nitrogens with two attached hydrogens (primary N) is 1. The Labute approximate surface area is 97.2 Å². The Morgan fingerprint density at radius 2 is 2.31 bits per heavy atom. The Morgan fingerprint density at radius 1 is 1.50 bits per heavy atom.